The van der Waals surface area contributed by atoms with Gasteiger partial charge >= 0.3 is 0 Å². The van der Waals surface area contributed by atoms with E-state index < -0.39 is 20.0 Å². The molecule has 0 aliphatic rings. The highest BCUT2D eigenvalue weighted by Crippen LogP contribution is 2.38. The third kappa shape index (κ3) is 26.2. The fraction of sp³-hybridized carbons (Fsp3) is 0.903. The second-order valence-corrected chi connectivity index (χ2v) is 13.6. The number of nitrogens with zero attached hydrogens (tertiary/aromatic N) is 1. The topological polar surface area (TPSA) is 108 Å². The van der Waals surface area contributed by atoms with E-state index in [4.69, 9.17) is 9.05 Å². The summed E-state index contributed by atoms with van der Waals surface area (Å²) in [4.78, 5) is 24.8. The summed E-state index contributed by atoms with van der Waals surface area (Å²) in [5.41, 5.74) is 0. The molecule has 3 atom stereocenters. The molecule has 0 saturated carbocycles. The summed E-state index contributed by atoms with van der Waals surface area (Å²) in [5, 5.41) is 13.5. The minimum Gasteiger partial charge on any atom is -0.756 e. The zero-order chi connectivity index (χ0) is 30.1. The molecule has 0 aromatic carbocycles. The second kappa shape index (κ2) is 24.8. The maximum Gasteiger partial charge on any atom is 0.268 e. The molecule has 0 fully saturated rings. The zero-order valence-electron chi connectivity index (χ0n) is 26.5. The summed E-state index contributed by atoms with van der Waals surface area (Å²) < 4.78 is 22.8. The van der Waals surface area contributed by atoms with Crippen molar-refractivity contribution in [3.63, 3.8) is 0 Å². The molecule has 0 saturated heterocycles. The van der Waals surface area contributed by atoms with Gasteiger partial charge in [-0.2, -0.15) is 0 Å². The Hall–Kier alpha value is -0.760. The smallest absolute Gasteiger partial charge is 0.268 e. The number of aliphatic hydroxyl groups is 1. The zero-order valence-corrected chi connectivity index (χ0v) is 27.4. The fourth-order valence-electron chi connectivity index (χ4n) is 4.33. The van der Waals surface area contributed by atoms with Crippen molar-refractivity contribution in [2.75, 3.05) is 40.9 Å². The SMILES string of the molecule is CCCCCCCCCCCCC/C=C/[C@H](O)[C@H](COP(=O)([O-])OCC[N+](C)(C)C)NC(=O)CCCCCCC. The lowest BCUT2D eigenvalue weighted by molar-refractivity contribution is -0.870. The Morgan fingerprint density at radius 2 is 1.35 bits per heavy atom. The Morgan fingerprint density at radius 3 is 1.88 bits per heavy atom. The van der Waals surface area contributed by atoms with Crippen LogP contribution in [0.25, 0.3) is 0 Å². The Bertz CT molecular complexity index is 683. The molecule has 238 valence electrons. The Balaban J connectivity index is 4.56. The average Bonchev–Trinajstić information content (AvgIpc) is 2.88. The third-order valence-corrected chi connectivity index (χ3v) is 7.96. The van der Waals surface area contributed by atoms with Crippen LogP contribution < -0.4 is 10.2 Å². The van der Waals surface area contributed by atoms with Crippen LogP contribution in [0, 0.1) is 0 Å². The van der Waals surface area contributed by atoms with Gasteiger partial charge in [0.25, 0.3) is 7.82 Å². The van der Waals surface area contributed by atoms with Gasteiger partial charge in [-0.15, -0.1) is 0 Å². The van der Waals surface area contributed by atoms with Gasteiger partial charge in [-0.05, 0) is 19.3 Å². The molecule has 0 aliphatic carbocycles. The first-order valence-electron chi connectivity index (χ1n) is 16.1. The van der Waals surface area contributed by atoms with Gasteiger partial charge in [0, 0.05) is 6.42 Å². The van der Waals surface area contributed by atoms with Crippen LogP contribution in [-0.2, 0) is 18.4 Å². The molecule has 0 aromatic heterocycles. The summed E-state index contributed by atoms with van der Waals surface area (Å²) in [6.45, 7) is 4.51. The Morgan fingerprint density at radius 1 is 0.850 bits per heavy atom. The van der Waals surface area contributed by atoms with Crippen LogP contribution in [-0.4, -0.2) is 68.5 Å². The van der Waals surface area contributed by atoms with Crippen LogP contribution in [0.15, 0.2) is 12.2 Å². The van der Waals surface area contributed by atoms with Crippen LogP contribution in [0.2, 0.25) is 0 Å². The van der Waals surface area contributed by atoms with Gasteiger partial charge in [0.1, 0.15) is 13.2 Å². The predicted octanol–water partition coefficient (Wildman–Crippen LogP) is 6.66. The molecule has 1 amide bonds. The van der Waals surface area contributed by atoms with Gasteiger partial charge in [0.2, 0.25) is 5.91 Å². The van der Waals surface area contributed by atoms with Gasteiger partial charge in [-0.25, -0.2) is 0 Å². The predicted molar refractivity (Wildman–Crippen MR) is 164 cm³/mol. The van der Waals surface area contributed by atoms with E-state index in [0.717, 1.165) is 51.4 Å². The molecule has 0 spiro atoms. The van der Waals surface area contributed by atoms with Crippen LogP contribution >= 0.6 is 7.82 Å². The maximum atomic E-state index is 12.5. The Labute approximate surface area is 246 Å². The van der Waals surface area contributed by atoms with Crippen LogP contribution in [0.4, 0.5) is 0 Å². The molecule has 1 unspecified atom stereocenters. The first-order chi connectivity index (χ1) is 19.0. The Kier molecular flexibility index (Phi) is 24.3. The lowest BCUT2D eigenvalue weighted by Crippen LogP contribution is -2.45. The molecule has 0 radical (unpaired) electrons. The van der Waals surface area contributed by atoms with Gasteiger partial charge < -0.3 is 28.8 Å². The number of aliphatic hydroxyl groups excluding tert-OH is 1. The molecule has 0 heterocycles. The van der Waals surface area contributed by atoms with E-state index >= 15 is 0 Å². The summed E-state index contributed by atoms with van der Waals surface area (Å²) in [6.07, 6.45) is 22.8. The standard InChI is InChI=1S/C31H63N2O6P/c1-6-8-10-12-13-14-15-16-17-18-19-21-22-24-30(34)29(32-31(35)25-23-20-11-9-7-2)28-39-40(36,37)38-27-26-33(3,4)5/h22,24,29-30,34H,6-21,23,25-28H2,1-5H3,(H-,32,35,36,37)/b24-22+/t29-,30-/m0/s1. The van der Waals surface area contributed by atoms with Crippen molar-refractivity contribution in [1.82, 2.24) is 5.32 Å². The quantitative estimate of drug-likeness (QED) is 0.0457. The number of carbonyl (C=O) groups excluding carboxylic acids is 1. The summed E-state index contributed by atoms with van der Waals surface area (Å²) in [6, 6.07) is -0.874. The molecular formula is C31H63N2O6P. The van der Waals surface area contributed by atoms with E-state index in [1.165, 1.54) is 57.8 Å². The number of unbranched alkanes of at least 4 members (excludes halogenated alkanes) is 15. The second-order valence-electron chi connectivity index (χ2n) is 12.2. The van der Waals surface area contributed by atoms with Gasteiger partial charge in [-0.3, -0.25) is 9.36 Å². The number of hydrogen-bond acceptors (Lipinski definition) is 6. The first-order valence-corrected chi connectivity index (χ1v) is 17.5. The molecule has 0 bridgehead atoms. The molecule has 2 N–H and O–H groups in total. The van der Waals surface area contributed by atoms with Crippen LogP contribution in [0.5, 0.6) is 0 Å². The molecule has 9 heteroatoms. The van der Waals surface area contributed by atoms with Gasteiger partial charge in [-0.1, -0.05) is 116 Å². The lowest BCUT2D eigenvalue weighted by atomic mass is 10.0. The number of amides is 1. The monoisotopic (exact) mass is 590 g/mol. The van der Waals surface area contributed by atoms with E-state index in [1.54, 1.807) is 6.08 Å². The fourth-order valence-corrected chi connectivity index (χ4v) is 5.05. The summed E-state index contributed by atoms with van der Waals surface area (Å²) in [5.74, 6) is -0.213. The van der Waals surface area contributed by atoms with Crippen molar-refractivity contribution in [2.45, 2.75) is 142 Å². The van der Waals surface area contributed by atoms with Crippen molar-refractivity contribution in [3.8, 4) is 0 Å². The van der Waals surface area contributed by atoms with E-state index in [0.29, 0.717) is 17.4 Å². The highest BCUT2D eigenvalue weighted by Gasteiger charge is 2.23. The van der Waals surface area contributed by atoms with Gasteiger partial charge in [0.15, 0.2) is 0 Å². The molecule has 0 aromatic rings. The van der Waals surface area contributed by atoms with Crippen LogP contribution in [0.3, 0.4) is 0 Å². The van der Waals surface area contributed by atoms with E-state index in [1.807, 2.05) is 27.2 Å². The number of hydrogen-bond donors (Lipinski definition) is 2. The van der Waals surface area contributed by atoms with E-state index in [2.05, 4.69) is 19.2 Å². The van der Waals surface area contributed by atoms with Crippen molar-refractivity contribution in [2.24, 2.45) is 0 Å². The van der Waals surface area contributed by atoms with Crippen LogP contribution in [0.1, 0.15) is 129 Å². The minimum atomic E-state index is -4.56. The number of carbonyl (C=O) groups is 1. The number of nitrogens with one attached hydrogen (secondary N) is 1. The normalized spacial score (nSPS) is 15.3. The number of likely N-dealkylation sites (N-methyl/N-ethyl adjacent to an activating group) is 1. The van der Waals surface area contributed by atoms with Gasteiger partial charge in [0.05, 0.1) is 39.9 Å². The summed E-state index contributed by atoms with van der Waals surface area (Å²) in [7, 11) is 1.26. The third-order valence-electron chi connectivity index (χ3n) is 7.00. The van der Waals surface area contributed by atoms with Crippen molar-refractivity contribution >= 4 is 13.7 Å². The number of allylic oxidation sites excluding steroid dienone is 1. The first kappa shape index (κ1) is 39.2. The summed E-state index contributed by atoms with van der Waals surface area (Å²) >= 11 is 0. The van der Waals surface area contributed by atoms with Crippen molar-refractivity contribution in [1.29, 1.82) is 0 Å². The average molecular weight is 591 g/mol. The van der Waals surface area contributed by atoms with E-state index in [9.17, 15) is 19.4 Å². The van der Waals surface area contributed by atoms with Crippen molar-refractivity contribution < 1.29 is 32.9 Å². The minimum absolute atomic E-state index is 0.000475. The highest BCUT2D eigenvalue weighted by molar-refractivity contribution is 7.45. The molecule has 0 rings (SSSR count). The molecule has 40 heavy (non-hydrogen) atoms. The molecule has 0 aliphatic heterocycles. The highest BCUT2D eigenvalue weighted by atomic mass is 31.2. The number of phosphoric acid groups is 1. The van der Waals surface area contributed by atoms with Crippen molar-refractivity contribution in [3.05, 3.63) is 12.2 Å². The number of phosphoric ester groups is 1. The number of quaternary nitrogens is 1. The molecule has 8 nitrogen and oxygen atoms in total. The largest absolute Gasteiger partial charge is 0.756 e. The maximum absolute atomic E-state index is 12.5. The van der Waals surface area contributed by atoms with E-state index in [-0.39, 0.29) is 19.1 Å². The molecular weight excluding hydrogens is 527 g/mol. The lowest BCUT2D eigenvalue weighted by Gasteiger charge is -2.29. The number of rotatable bonds is 28.